The fourth-order valence-electron chi connectivity index (χ4n) is 1.90. The van der Waals surface area contributed by atoms with Crippen molar-refractivity contribution >= 4 is 0 Å². The number of fused-ring (bicyclic) bond motifs is 3. The van der Waals surface area contributed by atoms with Crippen LogP contribution in [0.15, 0.2) is 34.6 Å². The van der Waals surface area contributed by atoms with E-state index in [1.165, 1.54) is 18.3 Å². The average molecular weight is 223 g/mol. The highest BCUT2D eigenvalue weighted by atomic mass is 16.6. The van der Waals surface area contributed by atoms with E-state index in [1.807, 2.05) is 0 Å². The summed E-state index contributed by atoms with van der Waals surface area (Å²) >= 11 is 0. The average Bonchev–Trinajstić information content (AvgIpc) is 2.75. The van der Waals surface area contributed by atoms with Gasteiger partial charge in [0.2, 0.25) is 18.2 Å². The van der Waals surface area contributed by atoms with E-state index < -0.39 is 12.3 Å². The summed E-state index contributed by atoms with van der Waals surface area (Å²) in [5, 5.41) is 18.6. The molecule has 16 heavy (non-hydrogen) atoms. The zero-order chi connectivity index (χ0) is 11.3. The summed E-state index contributed by atoms with van der Waals surface area (Å²) in [6, 6.07) is 2.71. The van der Waals surface area contributed by atoms with Crippen molar-refractivity contribution in [3.63, 3.8) is 0 Å². The van der Waals surface area contributed by atoms with Gasteiger partial charge in [-0.25, -0.2) is 0 Å². The van der Waals surface area contributed by atoms with Gasteiger partial charge >= 0.3 is 0 Å². The summed E-state index contributed by atoms with van der Waals surface area (Å²) in [7, 11) is 0. The zero-order valence-electron chi connectivity index (χ0n) is 8.16. The lowest BCUT2D eigenvalue weighted by atomic mass is 10.3. The van der Waals surface area contributed by atoms with Crippen molar-refractivity contribution in [2.45, 2.75) is 12.3 Å². The van der Waals surface area contributed by atoms with Crippen molar-refractivity contribution in [3.05, 3.63) is 40.1 Å². The Morgan fingerprint density at radius 1 is 1.44 bits per heavy atom. The second-order valence-corrected chi connectivity index (χ2v) is 3.62. The number of aromatic nitrogens is 1. The molecule has 6 nitrogen and oxygen atoms in total. The Labute approximate surface area is 90.0 Å². The van der Waals surface area contributed by atoms with Crippen LogP contribution < -0.4 is 10.2 Å². The van der Waals surface area contributed by atoms with Crippen LogP contribution in [0.2, 0.25) is 0 Å². The van der Waals surface area contributed by atoms with Gasteiger partial charge in [-0.15, -0.1) is 0 Å². The molecule has 0 fully saturated rings. The zero-order valence-corrected chi connectivity index (χ0v) is 8.16. The van der Waals surface area contributed by atoms with Gasteiger partial charge in [-0.05, 0) is 0 Å². The monoisotopic (exact) mass is 223 g/mol. The van der Waals surface area contributed by atoms with E-state index in [-0.39, 0.29) is 23.6 Å². The Kier molecular flexibility index (Phi) is 1.75. The van der Waals surface area contributed by atoms with Crippen LogP contribution in [0.4, 0.5) is 0 Å². The van der Waals surface area contributed by atoms with Crippen molar-refractivity contribution < 1.29 is 19.7 Å². The van der Waals surface area contributed by atoms with Crippen molar-refractivity contribution in [1.82, 2.24) is 4.57 Å². The molecule has 84 valence electrons. The van der Waals surface area contributed by atoms with E-state index >= 15 is 0 Å². The number of hydrogen-bond acceptors (Lipinski definition) is 5. The summed E-state index contributed by atoms with van der Waals surface area (Å²) in [6.07, 6.45) is 0.317. The summed E-state index contributed by atoms with van der Waals surface area (Å²) in [4.78, 5) is 11.1. The molecule has 0 radical (unpaired) electrons. The fraction of sp³-hybridized carbons (Fsp3) is 0.300. The largest absolute Gasteiger partial charge is 0.505 e. The number of aliphatic hydroxyl groups excluding tert-OH is 2. The Morgan fingerprint density at radius 2 is 2.25 bits per heavy atom. The molecule has 0 spiro atoms. The van der Waals surface area contributed by atoms with Gasteiger partial charge in [0.1, 0.15) is 6.61 Å². The first-order valence-corrected chi connectivity index (χ1v) is 4.79. The number of ether oxygens (including phenoxy) is 2. The van der Waals surface area contributed by atoms with Crippen LogP contribution in [0.5, 0.6) is 5.88 Å². The van der Waals surface area contributed by atoms with Crippen molar-refractivity contribution in [2.75, 3.05) is 6.61 Å². The van der Waals surface area contributed by atoms with Gasteiger partial charge in [0.05, 0.1) is 0 Å². The first-order valence-electron chi connectivity index (χ1n) is 4.79. The van der Waals surface area contributed by atoms with E-state index in [4.69, 9.17) is 14.6 Å². The van der Waals surface area contributed by atoms with Gasteiger partial charge in [-0.2, -0.15) is 0 Å². The summed E-state index contributed by atoms with van der Waals surface area (Å²) < 4.78 is 12.3. The lowest BCUT2D eigenvalue weighted by molar-refractivity contribution is 0.0376. The predicted octanol–water partition coefficient (Wildman–Crippen LogP) is -0.100. The van der Waals surface area contributed by atoms with Crippen molar-refractivity contribution in [1.29, 1.82) is 0 Å². The Morgan fingerprint density at radius 3 is 3.00 bits per heavy atom. The second kappa shape index (κ2) is 3.02. The van der Waals surface area contributed by atoms with Crippen LogP contribution in [0.1, 0.15) is 6.23 Å². The van der Waals surface area contributed by atoms with Crippen LogP contribution in [0.3, 0.4) is 0 Å². The standard InChI is InChI=1S/C10H9NO5/c12-4-6-8(14)9-10(15-6)11-2-1-5(13)3-7(11)16-9/h1-3,9-10,12,14H,4H2/t9?,10-/m1/s1. The maximum absolute atomic E-state index is 11.1. The molecule has 2 aliphatic heterocycles. The van der Waals surface area contributed by atoms with E-state index in [2.05, 4.69) is 0 Å². The third-order valence-corrected chi connectivity index (χ3v) is 2.66. The first-order chi connectivity index (χ1) is 7.70. The molecule has 3 rings (SSSR count). The predicted molar refractivity (Wildman–Crippen MR) is 52.0 cm³/mol. The molecule has 1 aromatic heterocycles. The van der Waals surface area contributed by atoms with Crippen LogP contribution in [0.25, 0.3) is 0 Å². The first kappa shape index (κ1) is 9.29. The second-order valence-electron chi connectivity index (χ2n) is 3.62. The molecule has 0 amide bonds. The molecule has 0 aliphatic carbocycles. The minimum Gasteiger partial charge on any atom is -0.505 e. The number of nitrogens with zero attached hydrogens (tertiary/aromatic N) is 1. The molecule has 0 bridgehead atoms. The molecule has 6 heteroatoms. The van der Waals surface area contributed by atoms with Crippen LogP contribution in [-0.2, 0) is 4.74 Å². The molecule has 3 heterocycles. The molecule has 0 saturated carbocycles. The Bertz CT molecular complexity index is 532. The number of hydrogen-bond donors (Lipinski definition) is 2. The molecule has 2 N–H and O–H groups in total. The number of rotatable bonds is 1. The topological polar surface area (TPSA) is 80.9 Å². The number of aliphatic hydroxyl groups is 2. The van der Waals surface area contributed by atoms with E-state index in [1.54, 1.807) is 4.57 Å². The maximum atomic E-state index is 11.1. The molecule has 0 aromatic carbocycles. The third kappa shape index (κ3) is 1.07. The van der Waals surface area contributed by atoms with Gasteiger partial charge in [0, 0.05) is 18.3 Å². The Hall–Kier alpha value is -1.95. The highest BCUT2D eigenvalue weighted by Gasteiger charge is 2.45. The van der Waals surface area contributed by atoms with E-state index in [9.17, 15) is 9.90 Å². The molecular formula is C10H9NO5. The lowest BCUT2D eigenvalue weighted by Crippen LogP contribution is -2.18. The van der Waals surface area contributed by atoms with E-state index in [0.717, 1.165) is 0 Å². The SMILES string of the molecule is O=c1ccn2c(c1)OC1C(O)=C(CO)O[C@H]12. The van der Waals surface area contributed by atoms with Crippen molar-refractivity contribution in [2.24, 2.45) is 0 Å². The maximum Gasteiger partial charge on any atom is 0.222 e. The van der Waals surface area contributed by atoms with Gasteiger partial charge in [-0.3, -0.25) is 9.36 Å². The van der Waals surface area contributed by atoms with Crippen molar-refractivity contribution in [3.8, 4) is 5.88 Å². The fourth-order valence-corrected chi connectivity index (χ4v) is 1.90. The highest BCUT2D eigenvalue weighted by Crippen LogP contribution is 2.40. The summed E-state index contributed by atoms with van der Waals surface area (Å²) in [6.45, 7) is -0.377. The summed E-state index contributed by atoms with van der Waals surface area (Å²) in [5.74, 6) is 0.342. The molecule has 2 aliphatic rings. The highest BCUT2D eigenvalue weighted by molar-refractivity contribution is 5.26. The molecular weight excluding hydrogens is 214 g/mol. The normalized spacial score (nSPS) is 26.1. The van der Waals surface area contributed by atoms with Crippen LogP contribution in [-0.4, -0.2) is 27.5 Å². The van der Waals surface area contributed by atoms with Crippen LogP contribution in [0, 0.1) is 0 Å². The molecule has 0 saturated heterocycles. The van der Waals surface area contributed by atoms with Gasteiger partial charge in [0.15, 0.2) is 16.9 Å². The van der Waals surface area contributed by atoms with Gasteiger partial charge < -0.3 is 19.7 Å². The van der Waals surface area contributed by atoms with E-state index in [0.29, 0.717) is 5.88 Å². The molecule has 1 unspecified atom stereocenters. The lowest BCUT2D eigenvalue weighted by Gasteiger charge is -2.11. The summed E-state index contributed by atoms with van der Waals surface area (Å²) in [5.41, 5.74) is -0.169. The van der Waals surface area contributed by atoms with Gasteiger partial charge in [0.25, 0.3) is 0 Å². The third-order valence-electron chi connectivity index (χ3n) is 2.66. The quantitative estimate of drug-likeness (QED) is 0.694. The van der Waals surface area contributed by atoms with Crippen LogP contribution >= 0.6 is 0 Å². The molecule has 1 aromatic rings. The minimum absolute atomic E-state index is 0.111. The number of pyridine rings is 1. The minimum atomic E-state index is -0.677. The Balaban J connectivity index is 2.03. The van der Waals surface area contributed by atoms with Gasteiger partial charge in [-0.1, -0.05) is 0 Å². The molecule has 2 atom stereocenters. The smallest absolute Gasteiger partial charge is 0.222 e.